The predicted octanol–water partition coefficient (Wildman–Crippen LogP) is 3.37. The first-order chi connectivity index (χ1) is 14.1. The molecule has 0 radical (unpaired) electrons. The standard InChI is InChI=1S/C18H18ClF3N4O3S/c1-17(28,18(20,21)22)16(27)23-13-3-2-11(10-12(13)19)30-15-5-4-14(24-25-15)26-6-8-29-9-7-26/h2-5,10,28H,6-9H2,1H3,(H,23,27). The SMILES string of the molecule is CC(O)(C(=O)Nc1ccc(Sc2ccc(N3CCOCC3)nn2)cc1Cl)C(F)(F)F. The Kier molecular flexibility index (Phi) is 6.75. The van der Waals surface area contributed by atoms with Gasteiger partial charge in [0.25, 0.3) is 5.91 Å². The summed E-state index contributed by atoms with van der Waals surface area (Å²) in [5, 5.41) is 20.4. The van der Waals surface area contributed by atoms with Crippen LogP contribution >= 0.6 is 23.4 Å². The van der Waals surface area contributed by atoms with E-state index in [1.54, 1.807) is 12.1 Å². The molecule has 7 nitrogen and oxygen atoms in total. The molecular formula is C18H18ClF3N4O3S. The Bertz CT molecular complexity index is 907. The molecule has 1 amide bonds. The van der Waals surface area contributed by atoms with Crippen molar-refractivity contribution < 1.29 is 27.8 Å². The molecule has 0 bridgehead atoms. The predicted molar refractivity (Wildman–Crippen MR) is 106 cm³/mol. The molecule has 2 aromatic rings. The Morgan fingerprint density at radius 2 is 1.93 bits per heavy atom. The van der Waals surface area contributed by atoms with Crippen molar-refractivity contribution in [3.05, 3.63) is 35.4 Å². The minimum Gasteiger partial charge on any atom is -0.378 e. The fourth-order valence-corrected chi connectivity index (χ4v) is 3.55. The molecule has 0 aliphatic carbocycles. The molecule has 1 atom stereocenters. The number of anilines is 2. The Hall–Kier alpha value is -2.08. The maximum atomic E-state index is 12.8. The summed E-state index contributed by atoms with van der Waals surface area (Å²) in [7, 11) is 0. The van der Waals surface area contributed by atoms with Gasteiger partial charge in [-0.1, -0.05) is 23.4 Å². The number of benzene rings is 1. The number of nitrogens with one attached hydrogen (secondary N) is 1. The van der Waals surface area contributed by atoms with Gasteiger partial charge < -0.3 is 20.1 Å². The van der Waals surface area contributed by atoms with E-state index in [4.69, 9.17) is 16.3 Å². The van der Waals surface area contributed by atoms with Crippen LogP contribution in [0.2, 0.25) is 5.02 Å². The minimum atomic E-state index is -5.12. The van der Waals surface area contributed by atoms with Crippen LogP contribution in [0.25, 0.3) is 0 Å². The van der Waals surface area contributed by atoms with Crippen molar-refractivity contribution in [3.8, 4) is 0 Å². The molecule has 3 rings (SSSR count). The normalized spacial score (nSPS) is 16.8. The number of morpholine rings is 1. The molecule has 0 spiro atoms. The number of hydrogen-bond donors (Lipinski definition) is 2. The molecule has 162 valence electrons. The highest BCUT2D eigenvalue weighted by Crippen LogP contribution is 2.34. The summed E-state index contributed by atoms with van der Waals surface area (Å²) in [6, 6.07) is 8.03. The second kappa shape index (κ2) is 8.96. The van der Waals surface area contributed by atoms with E-state index in [9.17, 15) is 23.1 Å². The lowest BCUT2D eigenvalue weighted by Crippen LogP contribution is -2.52. The third kappa shape index (κ3) is 5.15. The fourth-order valence-electron chi connectivity index (χ4n) is 2.48. The molecular weight excluding hydrogens is 445 g/mol. The molecule has 1 unspecified atom stereocenters. The zero-order valence-corrected chi connectivity index (χ0v) is 17.3. The maximum Gasteiger partial charge on any atom is 0.426 e. The first kappa shape index (κ1) is 22.6. The first-order valence-corrected chi connectivity index (χ1v) is 10.0. The number of aromatic nitrogens is 2. The number of rotatable bonds is 5. The van der Waals surface area contributed by atoms with E-state index in [0.29, 0.717) is 30.1 Å². The molecule has 12 heteroatoms. The quantitative estimate of drug-likeness (QED) is 0.704. The lowest BCUT2D eigenvalue weighted by molar-refractivity contribution is -0.242. The van der Waals surface area contributed by atoms with Gasteiger partial charge in [0.1, 0.15) is 5.03 Å². The monoisotopic (exact) mass is 462 g/mol. The van der Waals surface area contributed by atoms with Gasteiger partial charge in [-0.05, 0) is 37.3 Å². The van der Waals surface area contributed by atoms with E-state index < -0.39 is 17.7 Å². The molecule has 1 aliphatic heterocycles. The molecule has 0 saturated carbocycles. The Labute approximate surface area is 179 Å². The second-order valence-electron chi connectivity index (χ2n) is 6.60. The van der Waals surface area contributed by atoms with Crippen LogP contribution in [0.5, 0.6) is 0 Å². The number of carbonyl (C=O) groups is 1. The largest absolute Gasteiger partial charge is 0.426 e. The lowest BCUT2D eigenvalue weighted by atomic mass is 10.1. The molecule has 2 N–H and O–H groups in total. The number of amides is 1. The van der Waals surface area contributed by atoms with Gasteiger partial charge in [-0.25, -0.2) is 0 Å². The highest BCUT2D eigenvalue weighted by molar-refractivity contribution is 7.99. The molecule has 1 aromatic carbocycles. The van der Waals surface area contributed by atoms with Crippen molar-refractivity contribution >= 4 is 40.8 Å². The van der Waals surface area contributed by atoms with Crippen molar-refractivity contribution in [1.82, 2.24) is 10.2 Å². The Balaban J connectivity index is 1.66. The van der Waals surface area contributed by atoms with Crippen LogP contribution < -0.4 is 10.2 Å². The van der Waals surface area contributed by atoms with E-state index in [0.717, 1.165) is 18.9 Å². The first-order valence-electron chi connectivity index (χ1n) is 8.82. The van der Waals surface area contributed by atoms with Crippen LogP contribution in [0, 0.1) is 0 Å². The Morgan fingerprint density at radius 1 is 1.23 bits per heavy atom. The average Bonchev–Trinajstić information content (AvgIpc) is 2.70. The average molecular weight is 463 g/mol. The highest BCUT2D eigenvalue weighted by Gasteiger charge is 2.55. The van der Waals surface area contributed by atoms with Gasteiger partial charge in [0.05, 0.1) is 23.9 Å². The topological polar surface area (TPSA) is 87.6 Å². The molecule has 1 aliphatic rings. The van der Waals surface area contributed by atoms with Gasteiger partial charge in [-0.3, -0.25) is 4.79 Å². The lowest BCUT2D eigenvalue weighted by Gasteiger charge is -2.27. The van der Waals surface area contributed by atoms with Crippen molar-refractivity contribution in [2.24, 2.45) is 0 Å². The maximum absolute atomic E-state index is 12.8. The number of hydrogen-bond acceptors (Lipinski definition) is 7. The van der Waals surface area contributed by atoms with Crippen LogP contribution in [0.4, 0.5) is 24.7 Å². The van der Waals surface area contributed by atoms with Gasteiger partial charge in [0.2, 0.25) is 5.60 Å². The number of halogens is 4. The zero-order valence-electron chi connectivity index (χ0n) is 15.7. The summed E-state index contributed by atoms with van der Waals surface area (Å²) in [5.74, 6) is -0.877. The summed E-state index contributed by atoms with van der Waals surface area (Å²) in [5.41, 5.74) is -3.59. The number of ether oxygens (including phenoxy) is 1. The van der Waals surface area contributed by atoms with Crippen molar-refractivity contribution in [2.45, 2.75) is 28.6 Å². The smallest absolute Gasteiger partial charge is 0.378 e. The number of aliphatic hydroxyl groups is 1. The molecule has 1 fully saturated rings. The van der Waals surface area contributed by atoms with E-state index in [1.165, 1.54) is 23.9 Å². The van der Waals surface area contributed by atoms with Gasteiger partial charge in [-0.2, -0.15) is 13.2 Å². The number of carbonyl (C=O) groups excluding carboxylic acids is 1. The van der Waals surface area contributed by atoms with Crippen LogP contribution in [0.1, 0.15) is 6.92 Å². The van der Waals surface area contributed by atoms with Crippen molar-refractivity contribution in [3.63, 3.8) is 0 Å². The fraction of sp³-hybridized carbons (Fsp3) is 0.389. The molecule has 1 saturated heterocycles. The summed E-state index contributed by atoms with van der Waals surface area (Å²) in [6.45, 7) is 3.13. The molecule has 1 aromatic heterocycles. The third-order valence-electron chi connectivity index (χ3n) is 4.37. The van der Waals surface area contributed by atoms with Crippen LogP contribution in [-0.2, 0) is 9.53 Å². The van der Waals surface area contributed by atoms with E-state index >= 15 is 0 Å². The molecule has 2 heterocycles. The van der Waals surface area contributed by atoms with Crippen LogP contribution in [0.15, 0.2) is 40.3 Å². The number of nitrogens with zero attached hydrogens (tertiary/aromatic N) is 3. The van der Waals surface area contributed by atoms with Crippen LogP contribution in [-0.4, -0.2) is 59.3 Å². The van der Waals surface area contributed by atoms with Gasteiger partial charge in [-0.15, -0.1) is 10.2 Å². The third-order valence-corrected chi connectivity index (χ3v) is 5.60. The number of alkyl halides is 3. The minimum absolute atomic E-state index is 0.0178. The summed E-state index contributed by atoms with van der Waals surface area (Å²) in [4.78, 5) is 14.5. The zero-order chi connectivity index (χ0) is 21.9. The van der Waals surface area contributed by atoms with Crippen molar-refractivity contribution in [2.75, 3.05) is 36.5 Å². The summed E-state index contributed by atoms with van der Waals surface area (Å²) in [6.07, 6.45) is -5.12. The Morgan fingerprint density at radius 3 is 2.50 bits per heavy atom. The van der Waals surface area contributed by atoms with Gasteiger partial charge in [0, 0.05) is 18.0 Å². The van der Waals surface area contributed by atoms with E-state index in [1.807, 2.05) is 11.4 Å². The van der Waals surface area contributed by atoms with E-state index in [-0.39, 0.29) is 10.7 Å². The van der Waals surface area contributed by atoms with Gasteiger partial charge >= 0.3 is 6.18 Å². The summed E-state index contributed by atoms with van der Waals surface area (Å²) < 4.78 is 43.6. The van der Waals surface area contributed by atoms with Crippen molar-refractivity contribution in [1.29, 1.82) is 0 Å². The van der Waals surface area contributed by atoms with Gasteiger partial charge in [0.15, 0.2) is 5.82 Å². The molecule has 30 heavy (non-hydrogen) atoms. The summed E-state index contributed by atoms with van der Waals surface area (Å²) >= 11 is 7.34. The highest BCUT2D eigenvalue weighted by atomic mass is 35.5. The second-order valence-corrected chi connectivity index (χ2v) is 8.10. The van der Waals surface area contributed by atoms with Crippen LogP contribution in [0.3, 0.4) is 0 Å². The van der Waals surface area contributed by atoms with E-state index in [2.05, 4.69) is 15.1 Å².